The Morgan fingerprint density at radius 3 is 2.35 bits per heavy atom. The Morgan fingerprint density at radius 2 is 1.80 bits per heavy atom. The number of hydrogen-bond acceptors (Lipinski definition) is 2. The summed E-state index contributed by atoms with van der Waals surface area (Å²) in [4.78, 5) is 12.8. The normalized spacial score (nSPS) is 25.7. The van der Waals surface area contributed by atoms with Crippen LogP contribution in [0, 0.1) is 11.3 Å². The van der Waals surface area contributed by atoms with Crippen molar-refractivity contribution in [2.24, 2.45) is 11.3 Å². The minimum absolute atomic E-state index is 0.107. The monoisotopic (exact) mass is 280 g/mol. The van der Waals surface area contributed by atoms with Crippen LogP contribution in [0.3, 0.4) is 0 Å². The first-order chi connectivity index (χ1) is 9.68. The summed E-state index contributed by atoms with van der Waals surface area (Å²) in [5.74, 6) is 1.01. The van der Waals surface area contributed by atoms with Crippen molar-refractivity contribution in [3.63, 3.8) is 0 Å². The Bertz CT molecular complexity index is 302. The number of rotatable bonds is 4. The standard InChI is InChI=1S/C17H32N2O/c1-3-17(10-12-18-13-11-17)16(20)19-14(2)15-8-6-4-5-7-9-15/h14-15,18H,3-13H2,1-2H3,(H,19,20)/t14-/m0/s1. The fraction of sp³-hybridized carbons (Fsp3) is 0.941. The molecule has 0 spiro atoms. The number of amides is 1. The largest absolute Gasteiger partial charge is 0.353 e. The van der Waals surface area contributed by atoms with E-state index >= 15 is 0 Å². The second-order valence-corrected chi connectivity index (χ2v) is 6.90. The van der Waals surface area contributed by atoms with Crippen LogP contribution in [-0.4, -0.2) is 25.0 Å². The number of nitrogens with one attached hydrogen (secondary N) is 2. The molecule has 1 saturated carbocycles. The van der Waals surface area contributed by atoms with E-state index in [1.165, 1.54) is 38.5 Å². The van der Waals surface area contributed by atoms with Gasteiger partial charge in [-0.3, -0.25) is 4.79 Å². The van der Waals surface area contributed by atoms with Gasteiger partial charge in [0.25, 0.3) is 0 Å². The predicted molar refractivity (Wildman–Crippen MR) is 83.6 cm³/mol. The van der Waals surface area contributed by atoms with Gasteiger partial charge in [0, 0.05) is 6.04 Å². The van der Waals surface area contributed by atoms with Crippen molar-refractivity contribution in [3.05, 3.63) is 0 Å². The van der Waals surface area contributed by atoms with Crippen molar-refractivity contribution in [1.82, 2.24) is 10.6 Å². The highest BCUT2D eigenvalue weighted by Gasteiger charge is 2.38. The zero-order chi connectivity index (χ0) is 14.4. The van der Waals surface area contributed by atoms with Crippen molar-refractivity contribution in [2.75, 3.05) is 13.1 Å². The van der Waals surface area contributed by atoms with Gasteiger partial charge in [0.05, 0.1) is 5.41 Å². The first kappa shape index (κ1) is 15.8. The molecule has 2 aliphatic rings. The minimum Gasteiger partial charge on any atom is -0.353 e. The molecule has 0 aromatic rings. The summed E-state index contributed by atoms with van der Waals surface area (Å²) in [7, 11) is 0. The molecule has 1 amide bonds. The number of hydrogen-bond donors (Lipinski definition) is 2. The van der Waals surface area contributed by atoms with Crippen LogP contribution in [0.4, 0.5) is 0 Å². The fourth-order valence-corrected chi connectivity index (χ4v) is 3.94. The zero-order valence-electron chi connectivity index (χ0n) is 13.3. The van der Waals surface area contributed by atoms with E-state index < -0.39 is 0 Å². The molecular formula is C17H32N2O. The molecule has 0 bridgehead atoms. The summed E-state index contributed by atoms with van der Waals surface area (Å²) in [6.07, 6.45) is 11.0. The predicted octanol–water partition coefficient (Wildman–Crippen LogP) is 3.24. The summed E-state index contributed by atoms with van der Waals surface area (Å²) in [5.41, 5.74) is -0.107. The molecule has 116 valence electrons. The molecule has 2 fully saturated rings. The Hall–Kier alpha value is -0.570. The van der Waals surface area contributed by atoms with Crippen LogP contribution in [0.5, 0.6) is 0 Å². The molecule has 20 heavy (non-hydrogen) atoms. The molecule has 0 radical (unpaired) electrons. The lowest BCUT2D eigenvalue weighted by molar-refractivity contribution is -0.134. The van der Waals surface area contributed by atoms with Crippen LogP contribution in [0.2, 0.25) is 0 Å². The fourth-order valence-electron chi connectivity index (χ4n) is 3.94. The van der Waals surface area contributed by atoms with Crippen molar-refractivity contribution in [1.29, 1.82) is 0 Å². The van der Waals surface area contributed by atoms with Crippen molar-refractivity contribution in [3.8, 4) is 0 Å². The third kappa shape index (κ3) is 3.75. The molecule has 1 heterocycles. The van der Waals surface area contributed by atoms with Crippen molar-refractivity contribution < 1.29 is 4.79 Å². The van der Waals surface area contributed by atoms with Gasteiger partial charge >= 0.3 is 0 Å². The Labute approximate surface area is 124 Å². The number of carbonyl (C=O) groups is 1. The first-order valence-electron chi connectivity index (χ1n) is 8.69. The molecule has 0 aromatic carbocycles. The van der Waals surface area contributed by atoms with Crippen LogP contribution < -0.4 is 10.6 Å². The maximum atomic E-state index is 12.8. The topological polar surface area (TPSA) is 41.1 Å². The zero-order valence-corrected chi connectivity index (χ0v) is 13.3. The minimum atomic E-state index is -0.107. The summed E-state index contributed by atoms with van der Waals surface area (Å²) < 4.78 is 0. The molecular weight excluding hydrogens is 248 g/mol. The molecule has 0 unspecified atom stereocenters. The van der Waals surface area contributed by atoms with Gasteiger partial charge < -0.3 is 10.6 Å². The Morgan fingerprint density at radius 1 is 1.20 bits per heavy atom. The second-order valence-electron chi connectivity index (χ2n) is 6.90. The summed E-state index contributed by atoms with van der Waals surface area (Å²) >= 11 is 0. The molecule has 1 aliphatic carbocycles. The molecule has 1 saturated heterocycles. The SMILES string of the molecule is CCC1(C(=O)N[C@@H](C)C2CCCCCC2)CCNCC1. The van der Waals surface area contributed by atoms with Crippen molar-refractivity contribution in [2.45, 2.75) is 77.7 Å². The number of carbonyl (C=O) groups excluding carboxylic acids is 1. The molecule has 3 nitrogen and oxygen atoms in total. The van der Waals surface area contributed by atoms with E-state index in [9.17, 15) is 4.79 Å². The summed E-state index contributed by atoms with van der Waals surface area (Å²) in [5, 5.41) is 6.75. The third-order valence-corrected chi connectivity index (χ3v) is 5.68. The molecule has 1 aliphatic heterocycles. The average molecular weight is 280 g/mol. The summed E-state index contributed by atoms with van der Waals surface area (Å²) in [6.45, 7) is 6.36. The third-order valence-electron chi connectivity index (χ3n) is 5.68. The van der Waals surface area contributed by atoms with Gasteiger partial charge in [0.1, 0.15) is 0 Å². The maximum Gasteiger partial charge on any atom is 0.226 e. The van der Waals surface area contributed by atoms with Crippen LogP contribution in [0.1, 0.15) is 71.6 Å². The van der Waals surface area contributed by atoms with Gasteiger partial charge in [-0.2, -0.15) is 0 Å². The van der Waals surface area contributed by atoms with Gasteiger partial charge in [-0.15, -0.1) is 0 Å². The van der Waals surface area contributed by atoms with Crippen LogP contribution in [0.25, 0.3) is 0 Å². The van der Waals surface area contributed by atoms with E-state index in [1.807, 2.05) is 0 Å². The van der Waals surface area contributed by atoms with Crippen LogP contribution in [-0.2, 0) is 4.79 Å². The Balaban J connectivity index is 1.91. The van der Waals surface area contributed by atoms with Gasteiger partial charge in [-0.1, -0.05) is 32.6 Å². The van der Waals surface area contributed by atoms with E-state index in [4.69, 9.17) is 0 Å². The Kier molecular flexibility index (Phi) is 5.88. The van der Waals surface area contributed by atoms with E-state index in [0.29, 0.717) is 17.9 Å². The van der Waals surface area contributed by atoms with Crippen LogP contribution >= 0.6 is 0 Å². The molecule has 2 N–H and O–H groups in total. The average Bonchev–Trinajstić information content (AvgIpc) is 2.77. The van der Waals surface area contributed by atoms with Gasteiger partial charge in [-0.25, -0.2) is 0 Å². The van der Waals surface area contributed by atoms with Crippen molar-refractivity contribution >= 4 is 5.91 Å². The van der Waals surface area contributed by atoms with E-state index in [0.717, 1.165) is 32.4 Å². The van der Waals surface area contributed by atoms with E-state index in [1.54, 1.807) is 0 Å². The van der Waals surface area contributed by atoms with E-state index in [2.05, 4.69) is 24.5 Å². The highest BCUT2D eigenvalue weighted by Crippen LogP contribution is 2.33. The first-order valence-corrected chi connectivity index (χ1v) is 8.69. The lowest BCUT2D eigenvalue weighted by Crippen LogP contribution is -2.50. The smallest absolute Gasteiger partial charge is 0.226 e. The molecule has 0 aromatic heterocycles. The molecule has 1 atom stereocenters. The molecule has 2 rings (SSSR count). The van der Waals surface area contributed by atoms with Gasteiger partial charge in [-0.05, 0) is 58.0 Å². The lowest BCUT2D eigenvalue weighted by atomic mass is 9.75. The van der Waals surface area contributed by atoms with Crippen LogP contribution in [0.15, 0.2) is 0 Å². The highest BCUT2D eigenvalue weighted by atomic mass is 16.2. The van der Waals surface area contributed by atoms with Gasteiger partial charge in [0.15, 0.2) is 0 Å². The quantitative estimate of drug-likeness (QED) is 0.776. The number of piperidine rings is 1. The van der Waals surface area contributed by atoms with Gasteiger partial charge in [0.2, 0.25) is 5.91 Å². The molecule has 3 heteroatoms. The highest BCUT2D eigenvalue weighted by molar-refractivity contribution is 5.83. The maximum absolute atomic E-state index is 12.8. The lowest BCUT2D eigenvalue weighted by Gasteiger charge is -2.37. The summed E-state index contributed by atoms with van der Waals surface area (Å²) in [6, 6.07) is 0.346. The van der Waals surface area contributed by atoms with E-state index in [-0.39, 0.29) is 5.41 Å². The second kappa shape index (κ2) is 7.44.